The highest BCUT2D eigenvalue weighted by atomic mass is 19.3. The number of rotatable bonds is 7. The van der Waals surface area contributed by atoms with E-state index in [9.17, 15) is 8.78 Å². The first kappa shape index (κ1) is 15.9. The molecule has 108 valence electrons. The summed E-state index contributed by atoms with van der Waals surface area (Å²) in [6, 6.07) is 4.28. The Balaban J connectivity index is 3.16. The standard InChI is InChI=1S/C14H21F2NO2/c1-3-12(17)10-6-4-7-11(14(2,15)16)13(10)19-9-5-8-18/h4,6-7,12,18H,3,5,8-9,17H2,1-2H3. The summed E-state index contributed by atoms with van der Waals surface area (Å²) < 4.78 is 32.6. The van der Waals surface area contributed by atoms with E-state index >= 15 is 0 Å². The van der Waals surface area contributed by atoms with Crippen molar-refractivity contribution in [1.82, 2.24) is 0 Å². The van der Waals surface area contributed by atoms with Crippen LogP contribution in [0.2, 0.25) is 0 Å². The Hall–Kier alpha value is -1.20. The Morgan fingerprint density at radius 3 is 2.63 bits per heavy atom. The molecule has 0 spiro atoms. The van der Waals surface area contributed by atoms with Gasteiger partial charge in [-0.2, -0.15) is 0 Å². The van der Waals surface area contributed by atoms with Crippen LogP contribution in [0.1, 0.15) is 43.9 Å². The lowest BCUT2D eigenvalue weighted by molar-refractivity contribution is 0.0142. The van der Waals surface area contributed by atoms with E-state index in [2.05, 4.69) is 0 Å². The van der Waals surface area contributed by atoms with Crippen LogP contribution in [-0.2, 0) is 5.92 Å². The van der Waals surface area contributed by atoms with Gasteiger partial charge in [-0.15, -0.1) is 0 Å². The molecule has 3 N–H and O–H groups in total. The first-order valence-electron chi connectivity index (χ1n) is 6.42. The number of benzene rings is 1. The van der Waals surface area contributed by atoms with Gasteiger partial charge in [0.05, 0.1) is 12.2 Å². The number of para-hydroxylation sites is 1. The molecular weight excluding hydrogens is 252 g/mol. The highest BCUT2D eigenvalue weighted by Crippen LogP contribution is 2.39. The summed E-state index contributed by atoms with van der Waals surface area (Å²) >= 11 is 0. The molecule has 0 aromatic heterocycles. The number of nitrogens with two attached hydrogens (primary N) is 1. The molecule has 0 fully saturated rings. The van der Waals surface area contributed by atoms with E-state index in [1.165, 1.54) is 6.07 Å². The molecule has 1 unspecified atom stereocenters. The van der Waals surface area contributed by atoms with Crippen LogP contribution in [0.5, 0.6) is 5.75 Å². The number of hydrogen-bond donors (Lipinski definition) is 2. The fourth-order valence-corrected chi connectivity index (χ4v) is 1.81. The second-order valence-electron chi connectivity index (χ2n) is 4.55. The number of hydrogen-bond acceptors (Lipinski definition) is 3. The first-order chi connectivity index (χ1) is 8.91. The van der Waals surface area contributed by atoms with E-state index in [0.717, 1.165) is 6.92 Å². The molecule has 0 amide bonds. The average molecular weight is 273 g/mol. The van der Waals surface area contributed by atoms with Gasteiger partial charge < -0.3 is 15.6 Å². The molecular formula is C14H21F2NO2. The molecule has 19 heavy (non-hydrogen) atoms. The molecule has 1 aromatic rings. The minimum Gasteiger partial charge on any atom is -0.493 e. The Bertz CT molecular complexity index is 405. The van der Waals surface area contributed by atoms with Crippen molar-refractivity contribution in [1.29, 1.82) is 0 Å². The zero-order valence-electron chi connectivity index (χ0n) is 11.3. The van der Waals surface area contributed by atoms with Crippen molar-refractivity contribution in [3.05, 3.63) is 29.3 Å². The molecule has 0 aliphatic rings. The fraction of sp³-hybridized carbons (Fsp3) is 0.571. The quantitative estimate of drug-likeness (QED) is 0.751. The van der Waals surface area contributed by atoms with Gasteiger partial charge in [0.2, 0.25) is 0 Å². The lowest BCUT2D eigenvalue weighted by Gasteiger charge is -2.22. The zero-order valence-corrected chi connectivity index (χ0v) is 11.3. The normalized spacial score (nSPS) is 13.4. The lowest BCUT2D eigenvalue weighted by Crippen LogP contribution is -2.17. The number of alkyl halides is 2. The predicted molar refractivity (Wildman–Crippen MR) is 70.4 cm³/mol. The maximum Gasteiger partial charge on any atom is 0.274 e. The van der Waals surface area contributed by atoms with Crippen LogP contribution >= 0.6 is 0 Å². The summed E-state index contributed by atoms with van der Waals surface area (Å²) in [6.07, 6.45) is 1.03. The third-order valence-electron chi connectivity index (χ3n) is 2.91. The van der Waals surface area contributed by atoms with Gasteiger partial charge >= 0.3 is 0 Å². The summed E-state index contributed by atoms with van der Waals surface area (Å²) in [6.45, 7) is 2.87. The highest BCUT2D eigenvalue weighted by Gasteiger charge is 2.30. The highest BCUT2D eigenvalue weighted by molar-refractivity contribution is 5.45. The molecule has 0 aliphatic carbocycles. The third kappa shape index (κ3) is 4.14. The van der Waals surface area contributed by atoms with Crippen LogP contribution in [0.4, 0.5) is 8.78 Å². The number of ether oxygens (including phenoxy) is 1. The second kappa shape index (κ2) is 6.82. The van der Waals surface area contributed by atoms with E-state index < -0.39 is 5.92 Å². The molecule has 0 aliphatic heterocycles. The SMILES string of the molecule is CCC(N)c1cccc(C(C)(F)F)c1OCCCO. The van der Waals surface area contributed by atoms with Crippen LogP contribution in [0.3, 0.4) is 0 Å². The molecule has 0 saturated carbocycles. The Morgan fingerprint density at radius 1 is 1.42 bits per heavy atom. The topological polar surface area (TPSA) is 55.5 Å². The van der Waals surface area contributed by atoms with E-state index in [1.54, 1.807) is 12.1 Å². The van der Waals surface area contributed by atoms with Gasteiger partial charge in [-0.3, -0.25) is 0 Å². The van der Waals surface area contributed by atoms with E-state index in [0.29, 0.717) is 18.4 Å². The minimum atomic E-state index is -2.99. The molecule has 0 bridgehead atoms. The number of aliphatic hydroxyl groups is 1. The van der Waals surface area contributed by atoms with Gasteiger partial charge in [0.1, 0.15) is 5.75 Å². The molecule has 5 heteroatoms. The zero-order chi connectivity index (χ0) is 14.5. The average Bonchev–Trinajstić information content (AvgIpc) is 2.37. The smallest absolute Gasteiger partial charge is 0.274 e. The third-order valence-corrected chi connectivity index (χ3v) is 2.91. The van der Waals surface area contributed by atoms with Crippen LogP contribution < -0.4 is 10.5 Å². The van der Waals surface area contributed by atoms with Gasteiger partial charge in [0, 0.05) is 31.6 Å². The van der Waals surface area contributed by atoms with Gasteiger partial charge in [0.15, 0.2) is 0 Å². The molecule has 1 aromatic carbocycles. The van der Waals surface area contributed by atoms with Crippen LogP contribution in [0, 0.1) is 0 Å². The second-order valence-corrected chi connectivity index (χ2v) is 4.55. The molecule has 0 heterocycles. The van der Waals surface area contributed by atoms with Gasteiger partial charge in [-0.1, -0.05) is 19.1 Å². The van der Waals surface area contributed by atoms with Crippen molar-refractivity contribution in [3.8, 4) is 5.75 Å². The van der Waals surface area contributed by atoms with Crippen LogP contribution in [0.15, 0.2) is 18.2 Å². The van der Waals surface area contributed by atoms with Gasteiger partial charge in [-0.05, 0) is 12.5 Å². The fourth-order valence-electron chi connectivity index (χ4n) is 1.81. The van der Waals surface area contributed by atoms with E-state index in [-0.39, 0.29) is 30.6 Å². The van der Waals surface area contributed by atoms with Crippen molar-refractivity contribution in [2.24, 2.45) is 5.73 Å². The van der Waals surface area contributed by atoms with Crippen LogP contribution in [-0.4, -0.2) is 18.3 Å². The number of aliphatic hydroxyl groups excluding tert-OH is 1. The summed E-state index contributed by atoms with van der Waals surface area (Å²) in [4.78, 5) is 0. The van der Waals surface area contributed by atoms with E-state index in [4.69, 9.17) is 15.6 Å². The Kier molecular flexibility index (Phi) is 5.69. The molecule has 3 nitrogen and oxygen atoms in total. The van der Waals surface area contributed by atoms with E-state index in [1.807, 2.05) is 6.92 Å². The van der Waals surface area contributed by atoms with Crippen molar-refractivity contribution in [2.75, 3.05) is 13.2 Å². The molecule has 1 atom stereocenters. The lowest BCUT2D eigenvalue weighted by atomic mass is 9.98. The Labute approximate surface area is 112 Å². The monoisotopic (exact) mass is 273 g/mol. The maximum atomic E-state index is 13.6. The first-order valence-corrected chi connectivity index (χ1v) is 6.42. The van der Waals surface area contributed by atoms with Crippen molar-refractivity contribution in [2.45, 2.75) is 38.7 Å². The van der Waals surface area contributed by atoms with Crippen molar-refractivity contribution >= 4 is 0 Å². The molecule has 0 saturated heterocycles. The molecule has 0 radical (unpaired) electrons. The number of halogens is 2. The summed E-state index contributed by atoms with van der Waals surface area (Å²) in [5, 5.41) is 8.75. The summed E-state index contributed by atoms with van der Waals surface area (Å²) in [5.74, 6) is -2.84. The van der Waals surface area contributed by atoms with Gasteiger partial charge in [-0.25, -0.2) is 8.78 Å². The van der Waals surface area contributed by atoms with Crippen molar-refractivity contribution in [3.63, 3.8) is 0 Å². The maximum absolute atomic E-state index is 13.6. The summed E-state index contributed by atoms with van der Waals surface area (Å²) in [7, 11) is 0. The van der Waals surface area contributed by atoms with Crippen molar-refractivity contribution < 1.29 is 18.6 Å². The largest absolute Gasteiger partial charge is 0.493 e. The van der Waals surface area contributed by atoms with Gasteiger partial charge in [0.25, 0.3) is 5.92 Å². The predicted octanol–water partition coefficient (Wildman–Crippen LogP) is 2.97. The minimum absolute atomic E-state index is 0.0418. The van der Waals surface area contributed by atoms with Crippen LogP contribution in [0.25, 0.3) is 0 Å². The molecule has 1 rings (SSSR count). The summed E-state index contributed by atoms with van der Waals surface area (Å²) in [5.41, 5.74) is 6.36. The Morgan fingerprint density at radius 2 is 2.11 bits per heavy atom.